The van der Waals surface area contributed by atoms with Crippen molar-refractivity contribution in [2.75, 3.05) is 13.1 Å². The Labute approximate surface area is 131 Å². The number of carbonyl (C=O) groups is 2. The summed E-state index contributed by atoms with van der Waals surface area (Å²) in [4.78, 5) is 25.8. The number of likely N-dealkylation sites (tertiary alicyclic amines) is 1. The zero-order chi connectivity index (χ0) is 16.1. The largest absolute Gasteiger partial charge is 0.456 e. The maximum Gasteiger partial charge on any atom is 0.374 e. The summed E-state index contributed by atoms with van der Waals surface area (Å²) in [5, 5.41) is 0. The molecule has 5 nitrogen and oxygen atoms in total. The van der Waals surface area contributed by atoms with Crippen LogP contribution in [0.2, 0.25) is 0 Å². The lowest BCUT2D eigenvalue weighted by molar-refractivity contribution is -0.133. The number of carbonyl (C=O) groups excluding carboxylic acids is 2. The molecule has 0 spiro atoms. The fraction of sp³-hybridized carbons (Fsp3) is 0.647. The first-order chi connectivity index (χ1) is 10.5. The number of esters is 1. The van der Waals surface area contributed by atoms with Crippen LogP contribution in [-0.2, 0) is 16.0 Å². The lowest BCUT2D eigenvalue weighted by Crippen LogP contribution is -2.41. The Bertz CT molecular complexity index is 527. The Hall–Kier alpha value is -1.78. The average molecular weight is 307 g/mol. The molecule has 2 heterocycles. The highest BCUT2D eigenvalue weighted by molar-refractivity contribution is 5.86. The van der Waals surface area contributed by atoms with Crippen molar-refractivity contribution in [3.63, 3.8) is 0 Å². The molecule has 0 aromatic carbocycles. The summed E-state index contributed by atoms with van der Waals surface area (Å²) in [6.07, 6.45) is 3.48. The maximum atomic E-state index is 12.1. The minimum Gasteiger partial charge on any atom is -0.456 e. The van der Waals surface area contributed by atoms with Crippen molar-refractivity contribution in [2.45, 2.75) is 59.0 Å². The molecule has 0 atom stereocenters. The molecule has 1 fully saturated rings. The van der Waals surface area contributed by atoms with Gasteiger partial charge in [0.05, 0.1) is 0 Å². The van der Waals surface area contributed by atoms with E-state index in [2.05, 4.69) is 0 Å². The molecule has 1 aliphatic rings. The van der Waals surface area contributed by atoms with Gasteiger partial charge in [-0.05, 0) is 25.0 Å². The van der Waals surface area contributed by atoms with Crippen LogP contribution in [0.15, 0.2) is 10.5 Å². The van der Waals surface area contributed by atoms with Gasteiger partial charge in [-0.2, -0.15) is 0 Å². The van der Waals surface area contributed by atoms with Crippen LogP contribution in [0.25, 0.3) is 0 Å². The van der Waals surface area contributed by atoms with E-state index < -0.39 is 5.97 Å². The topological polar surface area (TPSA) is 59.8 Å². The zero-order valence-electron chi connectivity index (χ0n) is 13.7. The van der Waals surface area contributed by atoms with Crippen molar-refractivity contribution < 1.29 is 18.7 Å². The normalized spacial score (nSPS) is 15.9. The molecule has 0 bridgehead atoms. The molecule has 0 unspecified atom stereocenters. The summed E-state index contributed by atoms with van der Waals surface area (Å²) in [5.41, 5.74) is 0.981. The number of hydrogen-bond donors (Lipinski definition) is 0. The van der Waals surface area contributed by atoms with Crippen molar-refractivity contribution in [2.24, 2.45) is 0 Å². The Morgan fingerprint density at radius 2 is 2.00 bits per heavy atom. The van der Waals surface area contributed by atoms with E-state index >= 15 is 0 Å². The van der Waals surface area contributed by atoms with Gasteiger partial charge in [-0.3, -0.25) is 4.79 Å². The van der Waals surface area contributed by atoms with Crippen molar-refractivity contribution in [3.05, 3.63) is 23.2 Å². The van der Waals surface area contributed by atoms with Gasteiger partial charge in [-0.1, -0.05) is 13.8 Å². The molecule has 1 aliphatic heterocycles. The average Bonchev–Trinajstić information content (AvgIpc) is 2.89. The maximum absolute atomic E-state index is 12.1. The summed E-state index contributed by atoms with van der Waals surface area (Å²) >= 11 is 0. The second-order valence-corrected chi connectivity index (χ2v) is 5.81. The van der Waals surface area contributed by atoms with E-state index in [9.17, 15) is 9.59 Å². The van der Waals surface area contributed by atoms with Gasteiger partial charge in [-0.15, -0.1) is 0 Å². The van der Waals surface area contributed by atoms with E-state index in [4.69, 9.17) is 9.15 Å². The monoisotopic (exact) mass is 307 g/mol. The summed E-state index contributed by atoms with van der Waals surface area (Å²) < 4.78 is 11.0. The van der Waals surface area contributed by atoms with E-state index in [0.29, 0.717) is 32.4 Å². The van der Waals surface area contributed by atoms with Crippen LogP contribution in [0.1, 0.15) is 61.4 Å². The third-order valence-corrected chi connectivity index (χ3v) is 4.08. The number of furan rings is 1. The fourth-order valence-corrected chi connectivity index (χ4v) is 2.78. The Kier molecular flexibility index (Phi) is 5.63. The third kappa shape index (κ3) is 3.90. The molecule has 1 amide bonds. The number of nitrogens with zero attached hydrogens (tertiary/aromatic N) is 1. The minimum atomic E-state index is -0.402. The Morgan fingerprint density at radius 1 is 1.32 bits per heavy atom. The van der Waals surface area contributed by atoms with E-state index in [1.165, 1.54) is 0 Å². The van der Waals surface area contributed by atoms with Gasteiger partial charge in [0.2, 0.25) is 11.7 Å². The van der Waals surface area contributed by atoms with Gasteiger partial charge in [-0.25, -0.2) is 4.79 Å². The van der Waals surface area contributed by atoms with Crippen LogP contribution in [0, 0.1) is 6.92 Å². The predicted octanol–water partition coefficient (Wildman–Crippen LogP) is 3.10. The second-order valence-electron chi connectivity index (χ2n) is 5.81. The molecule has 0 saturated carbocycles. The van der Waals surface area contributed by atoms with E-state index in [-0.39, 0.29) is 17.8 Å². The van der Waals surface area contributed by atoms with Crippen molar-refractivity contribution in [3.8, 4) is 0 Å². The third-order valence-electron chi connectivity index (χ3n) is 4.08. The summed E-state index contributed by atoms with van der Waals surface area (Å²) in [5.74, 6) is 0.897. The minimum absolute atomic E-state index is 0.131. The highest BCUT2D eigenvalue weighted by Gasteiger charge is 2.26. The van der Waals surface area contributed by atoms with Gasteiger partial charge < -0.3 is 14.1 Å². The number of amides is 1. The van der Waals surface area contributed by atoms with E-state index in [1.54, 1.807) is 6.07 Å². The van der Waals surface area contributed by atoms with Crippen LogP contribution in [0.5, 0.6) is 0 Å². The quantitative estimate of drug-likeness (QED) is 0.784. The lowest BCUT2D eigenvalue weighted by atomic mass is 10.1. The fourth-order valence-electron chi connectivity index (χ4n) is 2.78. The molecule has 2 rings (SSSR count). The molecule has 5 heteroatoms. The Morgan fingerprint density at radius 3 is 2.55 bits per heavy atom. The first-order valence-electron chi connectivity index (χ1n) is 8.13. The number of aryl methyl sites for hydroxylation is 2. The van der Waals surface area contributed by atoms with E-state index in [0.717, 1.165) is 24.2 Å². The van der Waals surface area contributed by atoms with Crippen molar-refractivity contribution in [1.82, 2.24) is 4.90 Å². The van der Waals surface area contributed by atoms with Crippen LogP contribution in [-0.4, -0.2) is 36.0 Å². The highest BCUT2D eigenvalue weighted by atomic mass is 16.6. The number of piperidine rings is 1. The predicted molar refractivity (Wildman–Crippen MR) is 82.7 cm³/mol. The molecule has 122 valence electrons. The number of ether oxygens (including phenoxy) is 1. The lowest BCUT2D eigenvalue weighted by Gasteiger charge is -2.31. The highest BCUT2D eigenvalue weighted by Crippen LogP contribution is 2.20. The number of rotatable bonds is 5. The van der Waals surface area contributed by atoms with Crippen LogP contribution >= 0.6 is 0 Å². The first-order valence-corrected chi connectivity index (χ1v) is 8.13. The molecule has 0 radical (unpaired) electrons. The first kappa shape index (κ1) is 16.6. The van der Waals surface area contributed by atoms with Crippen molar-refractivity contribution in [1.29, 1.82) is 0 Å². The molecule has 1 aromatic rings. The Balaban J connectivity index is 1.85. The van der Waals surface area contributed by atoms with Gasteiger partial charge in [0.1, 0.15) is 11.9 Å². The summed E-state index contributed by atoms with van der Waals surface area (Å²) in [7, 11) is 0. The molecule has 0 aliphatic carbocycles. The van der Waals surface area contributed by atoms with Gasteiger partial charge in [0.15, 0.2) is 0 Å². The molecule has 0 N–H and O–H groups in total. The van der Waals surface area contributed by atoms with Crippen LogP contribution < -0.4 is 0 Å². The summed E-state index contributed by atoms with van der Waals surface area (Å²) in [6, 6.07) is 1.74. The molecular formula is C17H25NO4. The summed E-state index contributed by atoms with van der Waals surface area (Å²) in [6.45, 7) is 7.24. The second kappa shape index (κ2) is 7.47. The van der Waals surface area contributed by atoms with Crippen LogP contribution in [0.3, 0.4) is 0 Å². The number of hydrogen-bond acceptors (Lipinski definition) is 4. The zero-order valence-corrected chi connectivity index (χ0v) is 13.7. The van der Waals surface area contributed by atoms with Gasteiger partial charge >= 0.3 is 5.97 Å². The smallest absolute Gasteiger partial charge is 0.374 e. The van der Waals surface area contributed by atoms with Crippen LogP contribution in [0.4, 0.5) is 0 Å². The van der Waals surface area contributed by atoms with Gasteiger partial charge in [0.25, 0.3) is 0 Å². The molecule has 22 heavy (non-hydrogen) atoms. The molecular weight excluding hydrogens is 282 g/mol. The SMILES string of the molecule is CCCC(=O)N1CCC(OC(=O)c2cc(C)c(CC)o2)CC1. The molecule has 1 aromatic heterocycles. The van der Waals surface area contributed by atoms with E-state index in [1.807, 2.05) is 25.7 Å². The van der Waals surface area contributed by atoms with Gasteiger partial charge in [0, 0.05) is 38.8 Å². The molecule has 1 saturated heterocycles. The standard InChI is InChI=1S/C17H25NO4/c1-4-6-16(19)18-9-7-13(8-10-18)21-17(20)15-11-12(3)14(5-2)22-15/h11,13H,4-10H2,1-3H3. The van der Waals surface area contributed by atoms with Crippen molar-refractivity contribution >= 4 is 11.9 Å².